The van der Waals surface area contributed by atoms with Gasteiger partial charge < -0.3 is 4.98 Å². The van der Waals surface area contributed by atoms with E-state index in [1.54, 1.807) is 18.3 Å². The first kappa shape index (κ1) is 16.4. The van der Waals surface area contributed by atoms with Crippen molar-refractivity contribution in [2.75, 3.05) is 0 Å². The molecule has 6 heteroatoms. The molecule has 3 heterocycles. The lowest BCUT2D eigenvalue weighted by molar-refractivity contribution is 0.0989. The molecule has 28 heavy (non-hydrogen) atoms. The number of carbonyl (C=O) groups is 1. The average Bonchev–Trinajstić information content (AvgIpc) is 3.32. The van der Waals surface area contributed by atoms with Gasteiger partial charge >= 0.3 is 0 Å². The molecular formula is C22H15FN4O. The molecule has 5 rings (SSSR count). The molecule has 0 spiro atoms. The molecule has 0 aliphatic heterocycles. The maximum Gasteiger partial charge on any atom is 0.188 e. The minimum absolute atomic E-state index is 0.0621. The number of para-hydroxylation sites is 1. The van der Waals surface area contributed by atoms with Crippen LogP contribution in [0.2, 0.25) is 0 Å². The van der Waals surface area contributed by atoms with Crippen molar-refractivity contribution in [1.29, 1.82) is 0 Å². The van der Waals surface area contributed by atoms with Crippen LogP contribution in [0.3, 0.4) is 0 Å². The summed E-state index contributed by atoms with van der Waals surface area (Å²) in [6, 6.07) is 17.7. The number of aromatic amines is 2. The Kier molecular flexibility index (Phi) is 3.76. The zero-order valence-corrected chi connectivity index (χ0v) is 14.7. The van der Waals surface area contributed by atoms with Gasteiger partial charge in [-0.1, -0.05) is 18.2 Å². The van der Waals surface area contributed by atoms with Crippen molar-refractivity contribution in [2.24, 2.45) is 0 Å². The third-order valence-electron chi connectivity index (χ3n) is 4.78. The highest BCUT2D eigenvalue weighted by Gasteiger charge is 2.15. The fraction of sp³-hybridized carbons (Fsp3) is 0.0455. The van der Waals surface area contributed by atoms with Crippen molar-refractivity contribution in [3.05, 3.63) is 83.9 Å². The van der Waals surface area contributed by atoms with Crippen LogP contribution < -0.4 is 0 Å². The number of fused-ring (bicyclic) bond motifs is 2. The lowest BCUT2D eigenvalue weighted by Gasteiger charge is -1.99. The van der Waals surface area contributed by atoms with E-state index in [-0.39, 0.29) is 18.0 Å². The van der Waals surface area contributed by atoms with Gasteiger partial charge in [-0.15, -0.1) is 0 Å². The zero-order chi connectivity index (χ0) is 19.1. The summed E-state index contributed by atoms with van der Waals surface area (Å²) in [5.74, 6) is -0.336. The van der Waals surface area contributed by atoms with Crippen LogP contribution in [0.4, 0.5) is 4.39 Å². The Hall–Kier alpha value is -3.80. The van der Waals surface area contributed by atoms with Crippen molar-refractivity contribution in [1.82, 2.24) is 20.2 Å². The number of carbonyl (C=O) groups excluding carboxylic acids is 1. The minimum atomic E-state index is -0.273. The second kappa shape index (κ2) is 6.42. The van der Waals surface area contributed by atoms with Crippen molar-refractivity contribution in [3.8, 4) is 11.3 Å². The first-order valence-electron chi connectivity index (χ1n) is 8.87. The Morgan fingerprint density at radius 2 is 1.86 bits per heavy atom. The van der Waals surface area contributed by atoms with Crippen LogP contribution in [-0.4, -0.2) is 25.9 Å². The lowest BCUT2D eigenvalue weighted by Crippen LogP contribution is -2.05. The number of nitrogens with one attached hydrogen (secondary N) is 2. The van der Waals surface area contributed by atoms with Gasteiger partial charge in [-0.25, -0.2) is 9.37 Å². The maximum absolute atomic E-state index is 13.1. The molecule has 0 aliphatic carbocycles. The second-order valence-electron chi connectivity index (χ2n) is 6.69. The Labute approximate surface area is 159 Å². The lowest BCUT2D eigenvalue weighted by atomic mass is 10.1. The SMILES string of the molecule is O=C(Cc1cnc2[nH]c(-c3ccc(F)cc3)cc2c1)c1n[nH]c2ccccc12. The number of Topliss-reactive ketones (excluding diaryl/α,β-unsaturated/α-hetero) is 1. The highest BCUT2D eigenvalue weighted by atomic mass is 19.1. The summed E-state index contributed by atoms with van der Waals surface area (Å²) in [5, 5.41) is 8.79. The summed E-state index contributed by atoms with van der Waals surface area (Å²) in [6.07, 6.45) is 1.91. The number of ketones is 1. The minimum Gasteiger partial charge on any atom is -0.339 e. The molecule has 0 aliphatic rings. The summed E-state index contributed by atoms with van der Waals surface area (Å²) < 4.78 is 13.1. The number of hydrogen-bond acceptors (Lipinski definition) is 3. The highest BCUT2D eigenvalue weighted by Crippen LogP contribution is 2.24. The largest absolute Gasteiger partial charge is 0.339 e. The van der Waals surface area contributed by atoms with Gasteiger partial charge in [0.2, 0.25) is 0 Å². The summed E-state index contributed by atoms with van der Waals surface area (Å²) in [6.45, 7) is 0. The molecule has 3 aromatic heterocycles. The van der Waals surface area contributed by atoms with E-state index in [4.69, 9.17) is 0 Å². The highest BCUT2D eigenvalue weighted by molar-refractivity contribution is 6.06. The van der Waals surface area contributed by atoms with E-state index in [0.29, 0.717) is 5.69 Å². The van der Waals surface area contributed by atoms with Gasteiger partial charge in [-0.2, -0.15) is 5.10 Å². The smallest absolute Gasteiger partial charge is 0.188 e. The normalized spacial score (nSPS) is 11.3. The second-order valence-corrected chi connectivity index (χ2v) is 6.69. The fourth-order valence-electron chi connectivity index (χ4n) is 3.39. The molecule has 0 amide bonds. The number of rotatable bonds is 4. The number of hydrogen-bond donors (Lipinski definition) is 2. The van der Waals surface area contributed by atoms with E-state index in [1.165, 1.54) is 12.1 Å². The Morgan fingerprint density at radius 3 is 2.71 bits per heavy atom. The van der Waals surface area contributed by atoms with Crippen LogP contribution >= 0.6 is 0 Å². The van der Waals surface area contributed by atoms with Crippen molar-refractivity contribution in [2.45, 2.75) is 6.42 Å². The van der Waals surface area contributed by atoms with Crippen molar-refractivity contribution >= 4 is 27.7 Å². The summed E-state index contributed by atoms with van der Waals surface area (Å²) >= 11 is 0. The van der Waals surface area contributed by atoms with Crippen LogP contribution in [0, 0.1) is 5.82 Å². The van der Waals surface area contributed by atoms with Crippen LogP contribution in [0.25, 0.3) is 33.2 Å². The molecule has 0 atom stereocenters. The summed E-state index contributed by atoms with van der Waals surface area (Å²) in [5.41, 5.74) is 4.55. The Bertz CT molecular complexity index is 1320. The predicted molar refractivity (Wildman–Crippen MR) is 106 cm³/mol. The quantitative estimate of drug-likeness (QED) is 0.452. The monoisotopic (exact) mass is 370 g/mol. The maximum atomic E-state index is 13.1. The van der Waals surface area contributed by atoms with Crippen LogP contribution in [0.5, 0.6) is 0 Å². The van der Waals surface area contributed by atoms with E-state index < -0.39 is 0 Å². The van der Waals surface area contributed by atoms with Gasteiger partial charge in [-0.05, 0) is 53.6 Å². The molecule has 0 saturated carbocycles. The van der Waals surface area contributed by atoms with Gasteiger partial charge in [0.05, 0.1) is 5.52 Å². The number of H-pyrrole nitrogens is 2. The standard InChI is InChI=1S/C22H15FN4O/c23-16-7-5-14(6-8-16)19-11-15-9-13(12-24-22(15)25-19)10-20(28)21-17-3-1-2-4-18(17)26-27-21/h1-9,11-12H,10H2,(H,24,25)(H,26,27). The molecule has 0 saturated heterocycles. The zero-order valence-electron chi connectivity index (χ0n) is 14.7. The molecular weight excluding hydrogens is 355 g/mol. The van der Waals surface area contributed by atoms with Gasteiger partial charge in [0.15, 0.2) is 5.78 Å². The molecule has 2 N–H and O–H groups in total. The average molecular weight is 370 g/mol. The molecule has 0 bridgehead atoms. The van der Waals surface area contributed by atoms with Gasteiger partial charge in [0.1, 0.15) is 17.2 Å². The number of halogens is 1. The first-order chi connectivity index (χ1) is 13.7. The van der Waals surface area contributed by atoms with Crippen LogP contribution in [0.1, 0.15) is 16.1 Å². The van der Waals surface area contributed by atoms with Crippen LogP contribution in [0.15, 0.2) is 66.9 Å². The summed E-state index contributed by atoms with van der Waals surface area (Å²) in [7, 11) is 0. The number of pyridine rings is 1. The van der Waals surface area contributed by atoms with Crippen molar-refractivity contribution < 1.29 is 9.18 Å². The number of nitrogens with zero attached hydrogens (tertiary/aromatic N) is 2. The van der Waals surface area contributed by atoms with Gasteiger partial charge in [0, 0.05) is 29.1 Å². The van der Waals surface area contributed by atoms with E-state index in [0.717, 1.165) is 38.8 Å². The Morgan fingerprint density at radius 1 is 1.04 bits per heavy atom. The number of aromatic nitrogens is 4. The molecule has 5 nitrogen and oxygen atoms in total. The van der Waals surface area contributed by atoms with E-state index in [2.05, 4.69) is 20.2 Å². The molecule has 5 aromatic rings. The van der Waals surface area contributed by atoms with Crippen molar-refractivity contribution in [3.63, 3.8) is 0 Å². The predicted octanol–water partition coefficient (Wildman–Crippen LogP) is 4.67. The third-order valence-corrected chi connectivity index (χ3v) is 4.78. The van der Waals surface area contributed by atoms with Crippen LogP contribution in [-0.2, 0) is 6.42 Å². The van der Waals surface area contributed by atoms with E-state index in [1.807, 2.05) is 36.4 Å². The van der Waals surface area contributed by atoms with E-state index >= 15 is 0 Å². The molecule has 0 fully saturated rings. The molecule has 2 aromatic carbocycles. The Balaban J connectivity index is 1.45. The fourth-order valence-corrected chi connectivity index (χ4v) is 3.39. The third kappa shape index (κ3) is 2.85. The summed E-state index contributed by atoms with van der Waals surface area (Å²) in [4.78, 5) is 20.4. The molecule has 0 radical (unpaired) electrons. The van der Waals surface area contributed by atoms with Gasteiger partial charge in [0.25, 0.3) is 0 Å². The number of benzene rings is 2. The van der Waals surface area contributed by atoms with Gasteiger partial charge in [-0.3, -0.25) is 9.89 Å². The topological polar surface area (TPSA) is 74.4 Å². The van der Waals surface area contributed by atoms with E-state index in [9.17, 15) is 9.18 Å². The first-order valence-corrected chi connectivity index (χ1v) is 8.87. The molecule has 136 valence electrons. The molecule has 0 unspecified atom stereocenters.